The van der Waals surface area contributed by atoms with Gasteiger partial charge in [0.1, 0.15) is 0 Å². The molecule has 1 heterocycles. The SMILES string of the molecule is CCNC(=NCc1ccnn1C)NCC(C)N(CC)CC.I. The minimum atomic E-state index is 0. The van der Waals surface area contributed by atoms with Gasteiger partial charge in [-0.05, 0) is 33.0 Å². The van der Waals surface area contributed by atoms with Crippen molar-refractivity contribution in [2.24, 2.45) is 12.0 Å². The molecule has 1 unspecified atom stereocenters. The molecule has 0 fully saturated rings. The fourth-order valence-electron chi connectivity index (χ4n) is 2.28. The Morgan fingerprint density at radius 2 is 2.00 bits per heavy atom. The molecule has 0 aliphatic carbocycles. The molecule has 1 atom stereocenters. The molecule has 0 aromatic carbocycles. The normalized spacial score (nSPS) is 12.9. The number of likely N-dealkylation sites (N-methyl/N-ethyl adjacent to an activating group) is 1. The van der Waals surface area contributed by atoms with Crippen LogP contribution in [0.5, 0.6) is 0 Å². The molecular weight excluding hydrogens is 391 g/mol. The summed E-state index contributed by atoms with van der Waals surface area (Å²) in [5.74, 6) is 0.859. The molecule has 1 aromatic heterocycles. The molecule has 22 heavy (non-hydrogen) atoms. The highest BCUT2D eigenvalue weighted by molar-refractivity contribution is 14.0. The van der Waals surface area contributed by atoms with Crippen LogP contribution in [0.25, 0.3) is 0 Å². The van der Waals surface area contributed by atoms with Gasteiger partial charge in [0.15, 0.2) is 5.96 Å². The molecule has 0 amide bonds. The molecular formula is C15H31IN6. The Morgan fingerprint density at radius 1 is 1.32 bits per heavy atom. The van der Waals surface area contributed by atoms with Crippen LogP contribution in [-0.2, 0) is 13.6 Å². The van der Waals surface area contributed by atoms with E-state index in [1.165, 1.54) is 0 Å². The van der Waals surface area contributed by atoms with Crippen LogP contribution in [0.2, 0.25) is 0 Å². The summed E-state index contributed by atoms with van der Waals surface area (Å²) in [5.41, 5.74) is 1.10. The average molecular weight is 422 g/mol. The predicted molar refractivity (Wildman–Crippen MR) is 104 cm³/mol. The van der Waals surface area contributed by atoms with E-state index < -0.39 is 0 Å². The molecule has 0 radical (unpaired) electrons. The van der Waals surface area contributed by atoms with Gasteiger partial charge in [-0.25, -0.2) is 4.99 Å². The van der Waals surface area contributed by atoms with E-state index in [4.69, 9.17) is 0 Å². The first-order valence-electron chi connectivity index (χ1n) is 7.85. The van der Waals surface area contributed by atoms with Gasteiger partial charge in [-0.1, -0.05) is 13.8 Å². The lowest BCUT2D eigenvalue weighted by molar-refractivity contribution is 0.231. The number of nitrogens with one attached hydrogen (secondary N) is 2. The van der Waals surface area contributed by atoms with Crippen LogP contribution in [0, 0.1) is 0 Å². The van der Waals surface area contributed by atoms with Gasteiger partial charge in [0.2, 0.25) is 0 Å². The van der Waals surface area contributed by atoms with Crippen molar-refractivity contribution in [2.45, 2.75) is 40.3 Å². The van der Waals surface area contributed by atoms with Crippen LogP contribution < -0.4 is 10.6 Å². The lowest BCUT2D eigenvalue weighted by Crippen LogP contribution is -2.46. The van der Waals surface area contributed by atoms with E-state index in [-0.39, 0.29) is 24.0 Å². The number of hydrogen-bond donors (Lipinski definition) is 2. The Kier molecular flexibility index (Phi) is 11.3. The third kappa shape index (κ3) is 6.95. The molecule has 0 bridgehead atoms. The van der Waals surface area contributed by atoms with Crippen molar-refractivity contribution in [2.75, 3.05) is 26.2 Å². The molecule has 1 rings (SSSR count). The molecule has 7 heteroatoms. The number of aliphatic imine (C=N–C) groups is 1. The predicted octanol–water partition coefficient (Wildman–Crippen LogP) is 1.82. The zero-order chi connectivity index (χ0) is 15.7. The first-order valence-corrected chi connectivity index (χ1v) is 7.85. The maximum atomic E-state index is 4.61. The molecule has 128 valence electrons. The van der Waals surface area contributed by atoms with Crippen LogP contribution in [0.4, 0.5) is 0 Å². The smallest absolute Gasteiger partial charge is 0.191 e. The number of aryl methyl sites for hydroxylation is 1. The van der Waals surface area contributed by atoms with Gasteiger partial charge in [0.05, 0.1) is 12.2 Å². The van der Waals surface area contributed by atoms with Gasteiger partial charge >= 0.3 is 0 Å². The summed E-state index contributed by atoms with van der Waals surface area (Å²) >= 11 is 0. The first kappa shape index (κ1) is 21.2. The van der Waals surface area contributed by atoms with Gasteiger partial charge in [-0.15, -0.1) is 24.0 Å². The standard InChI is InChI=1S/C15H30N6.HI/c1-6-16-15(17-11-13(4)21(7-2)8-3)18-12-14-9-10-19-20(14)5;/h9-10,13H,6-8,11-12H2,1-5H3,(H2,16,17,18);1H. The number of halogens is 1. The van der Waals surface area contributed by atoms with Gasteiger partial charge < -0.3 is 10.6 Å². The van der Waals surface area contributed by atoms with Gasteiger partial charge in [-0.2, -0.15) is 5.10 Å². The van der Waals surface area contributed by atoms with E-state index in [1.54, 1.807) is 6.20 Å². The summed E-state index contributed by atoms with van der Waals surface area (Å²) < 4.78 is 1.85. The minimum absolute atomic E-state index is 0. The summed E-state index contributed by atoms with van der Waals surface area (Å²) in [6.07, 6.45) is 1.80. The molecule has 0 spiro atoms. The van der Waals surface area contributed by atoms with Crippen molar-refractivity contribution >= 4 is 29.9 Å². The van der Waals surface area contributed by atoms with Crippen molar-refractivity contribution in [3.05, 3.63) is 18.0 Å². The maximum absolute atomic E-state index is 4.61. The van der Waals surface area contributed by atoms with E-state index in [2.05, 4.69) is 53.3 Å². The van der Waals surface area contributed by atoms with E-state index in [0.717, 1.165) is 37.8 Å². The Morgan fingerprint density at radius 3 is 2.50 bits per heavy atom. The summed E-state index contributed by atoms with van der Waals surface area (Å²) in [7, 11) is 1.94. The van der Waals surface area contributed by atoms with E-state index >= 15 is 0 Å². The fraction of sp³-hybridized carbons (Fsp3) is 0.733. The molecule has 6 nitrogen and oxygen atoms in total. The van der Waals surface area contributed by atoms with E-state index in [0.29, 0.717) is 12.6 Å². The quantitative estimate of drug-likeness (QED) is 0.381. The number of guanidine groups is 1. The lowest BCUT2D eigenvalue weighted by atomic mass is 10.3. The van der Waals surface area contributed by atoms with Crippen molar-refractivity contribution in [3.8, 4) is 0 Å². The Labute approximate surface area is 151 Å². The highest BCUT2D eigenvalue weighted by atomic mass is 127. The molecule has 0 saturated carbocycles. The molecule has 1 aromatic rings. The summed E-state index contributed by atoms with van der Waals surface area (Å²) in [4.78, 5) is 7.04. The topological polar surface area (TPSA) is 57.5 Å². The second-order valence-corrected chi connectivity index (χ2v) is 5.09. The van der Waals surface area contributed by atoms with Crippen LogP contribution in [0.3, 0.4) is 0 Å². The third-order valence-corrected chi connectivity index (χ3v) is 3.67. The second-order valence-electron chi connectivity index (χ2n) is 5.09. The van der Waals surface area contributed by atoms with Crippen molar-refractivity contribution < 1.29 is 0 Å². The van der Waals surface area contributed by atoms with Crippen LogP contribution in [-0.4, -0.2) is 52.9 Å². The maximum Gasteiger partial charge on any atom is 0.191 e. The highest BCUT2D eigenvalue weighted by Crippen LogP contribution is 1.99. The fourth-order valence-corrected chi connectivity index (χ4v) is 2.28. The number of nitrogens with zero attached hydrogens (tertiary/aromatic N) is 4. The Hall–Kier alpha value is -0.830. The molecule has 0 aliphatic heterocycles. The van der Waals surface area contributed by atoms with Gasteiger partial charge in [0.25, 0.3) is 0 Å². The summed E-state index contributed by atoms with van der Waals surface area (Å²) in [6, 6.07) is 2.48. The van der Waals surface area contributed by atoms with Crippen LogP contribution in [0.15, 0.2) is 17.3 Å². The van der Waals surface area contributed by atoms with Gasteiger partial charge in [-0.3, -0.25) is 9.58 Å². The summed E-state index contributed by atoms with van der Waals surface area (Å²) in [6.45, 7) is 13.2. The van der Waals surface area contributed by atoms with Crippen LogP contribution >= 0.6 is 24.0 Å². The Balaban J connectivity index is 0.00000441. The largest absolute Gasteiger partial charge is 0.357 e. The zero-order valence-electron chi connectivity index (χ0n) is 14.5. The van der Waals surface area contributed by atoms with Crippen molar-refractivity contribution in [1.82, 2.24) is 25.3 Å². The lowest BCUT2D eigenvalue weighted by Gasteiger charge is -2.27. The third-order valence-electron chi connectivity index (χ3n) is 3.67. The molecule has 0 aliphatic rings. The highest BCUT2D eigenvalue weighted by Gasteiger charge is 2.10. The van der Waals surface area contributed by atoms with Crippen molar-refractivity contribution in [3.63, 3.8) is 0 Å². The average Bonchev–Trinajstić information content (AvgIpc) is 2.88. The second kappa shape index (κ2) is 11.7. The summed E-state index contributed by atoms with van der Waals surface area (Å²) in [5, 5.41) is 10.9. The van der Waals surface area contributed by atoms with Crippen LogP contribution in [0.1, 0.15) is 33.4 Å². The van der Waals surface area contributed by atoms with Crippen molar-refractivity contribution in [1.29, 1.82) is 0 Å². The van der Waals surface area contributed by atoms with Gasteiger partial charge in [0, 0.05) is 32.4 Å². The minimum Gasteiger partial charge on any atom is -0.357 e. The van der Waals surface area contributed by atoms with E-state index in [1.807, 2.05) is 17.8 Å². The first-order chi connectivity index (χ1) is 10.1. The number of aromatic nitrogens is 2. The Bertz CT molecular complexity index is 427. The van der Waals surface area contributed by atoms with E-state index in [9.17, 15) is 0 Å². The number of rotatable bonds is 8. The number of hydrogen-bond acceptors (Lipinski definition) is 3. The monoisotopic (exact) mass is 422 g/mol. The zero-order valence-corrected chi connectivity index (χ0v) is 16.8. The molecule has 2 N–H and O–H groups in total. The molecule has 0 saturated heterocycles.